The fourth-order valence-electron chi connectivity index (χ4n) is 3.69. The molecule has 3 aromatic rings. The third kappa shape index (κ3) is 4.66. The third-order valence-electron chi connectivity index (χ3n) is 5.20. The Hall–Kier alpha value is -1.88. The van der Waals surface area contributed by atoms with E-state index in [0.717, 1.165) is 35.7 Å². The molecule has 1 saturated carbocycles. The highest BCUT2D eigenvalue weighted by molar-refractivity contribution is 7.07. The van der Waals surface area contributed by atoms with Gasteiger partial charge in [-0.3, -0.25) is 0 Å². The summed E-state index contributed by atoms with van der Waals surface area (Å²) < 4.78 is 11.9. The minimum absolute atomic E-state index is 0.249. The van der Waals surface area contributed by atoms with E-state index in [1.165, 1.54) is 18.4 Å². The van der Waals surface area contributed by atoms with E-state index in [1.54, 1.807) is 24.5 Å². The average Bonchev–Trinajstić information content (AvgIpc) is 3.43. The first kappa shape index (κ1) is 20.4. The lowest BCUT2D eigenvalue weighted by Gasteiger charge is -2.27. The van der Waals surface area contributed by atoms with Crippen LogP contribution < -0.4 is 14.4 Å². The Morgan fingerprint density at radius 3 is 2.62 bits per heavy atom. The van der Waals surface area contributed by atoms with Crippen molar-refractivity contribution < 1.29 is 9.47 Å². The summed E-state index contributed by atoms with van der Waals surface area (Å²) in [6.07, 6.45) is 4.86. The molecule has 29 heavy (non-hydrogen) atoms. The van der Waals surface area contributed by atoms with Crippen molar-refractivity contribution in [1.29, 1.82) is 0 Å². The van der Waals surface area contributed by atoms with Crippen molar-refractivity contribution >= 4 is 45.9 Å². The SMILES string of the molecule is COc1ccc(N(Cc2ccsc2)c2cccc(Cl)c2Cl)cc1OC1CCCC1. The van der Waals surface area contributed by atoms with Crippen molar-refractivity contribution in [2.24, 2.45) is 0 Å². The number of anilines is 2. The van der Waals surface area contributed by atoms with Gasteiger partial charge in [0.05, 0.1) is 28.9 Å². The molecule has 6 heteroatoms. The number of thiophene rings is 1. The van der Waals surface area contributed by atoms with E-state index < -0.39 is 0 Å². The zero-order valence-electron chi connectivity index (χ0n) is 16.2. The molecule has 2 aromatic carbocycles. The second-order valence-corrected chi connectivity index (χ2v) is 8.72. The first-order chi connectivity index (χ1) is 14.2. The van der Waals surface area contributed by atoms with Crippen molar-refractivity contribution in [3.05, 3.63) is 68.8 Å². The number of rotatable bonds is 7. The zero-order valence-corrected chi connectivity index (χ0v) is 18.6. The van der Waals surface area contributed by atoms with Crippen LogP contribution in [0, 0.1) is 0 Å². The Bertz CT molecular complexity index is 956. The van der Waals surface area contributed by atoms with E-state index in [1.807, 2.05) is 30.3 Å². The molecule has 0 bridgehead atoms. The predicted molar refractivity (Wildman–Crippen MR) is 123 cm³/mol. The molecule has 0 atom stereocenters. The lowest BCUT2D eigenvalue weighted by molar-refractivity contribution is 0.201. The van der Waals surface area contributed by atoms with Crippen LogP contribution in [0.5, 0.6) is 11.5 Å². The topological polar surface area (TPSA) is 21.7 Å². The summed E-state index contributed by atoms with van der Waals surface area (Å²) in [5.74, 6) is 1.51. The van der Waals surface area contributed by atoms with Crippen molar-refractivity contribution in [3.8, 4) is 11.5 Å². The van der Waals surface area contributed by atoms with Crippen LogP contribution in [0.4, 0.5) is 11.4 Å². The lowest BCUT2D eigenvalue weighted by Crippen LogP contribution is -2.17. The van der Waals surface area contributed by atoms with Gasteiger partial charge < -0.3 is 14.4 Å². The van der Waals surface area contributed by atoms with Gasteiger partial charge in [-0.15, -0.1) is 0 Å². The largest absolute Gasteiger partial charge is 0.493 e. The second kappa shape index (κ2) is 9.29. The predicted octanol–water partition coefficient (Wildman–Crippen LogP) is 7.72. The first-order valence-electron chi connectivity index (χ1n) is 9.73. The quantitative estimate of drug-likeness (QED) is 0.369. The number of hydrogen-bond acceptors (Lipinski definition) is 4. The van der Waals surface area contributed by atoms with E-state index in [2.05, 4.69) is 21.7 Å². The zero-order chi connectivity index (χ0) is 20.2. The molecular weight excluding hydrogens is 425 g/mol. The molecule has 0 amide bonds. The summed E-state index contributed by atoms with van der Waals surface area (Å²) >= 11 is 14.6. The monoisotopic (exact) mass is 447 g/mol. The molecule has 1 aliphatic carbocycles. The summed E-state index contributed by atoms with van der Waals surface area (Å²) in [6.45, 7) is 0.679. The minimum atomic E-state index is 0.249. The fraction of sp³-hybridized carbons (Fsp3) is 0.304. The van der Waals surface area contributed by atoms with Gasteiger partial charge in [0, 0.05) is 18.3 Å². The maximum atomic E-state index is 6.59. The van der Waals surface area contributed by atoms with Gasteiger partial charge in [-0.1, -0.05) is 29.3 Å². The highest BCUT2D eigenvalue weighted by atomic mass is 35.5. The van der Waals surface area contributed by atoms with E-state index in [0.29, 0.717) is 16.6 Å². The Kier molecular flexibility index (Phi) is 6.53. The normalized spacial score (nSPS) is 14.2. The number of methoxy groups -OCH3 is 1. The van der Waals surface area contributed by atoms with Crippen LogP contribution in [0.3, 0.4) is 0 Å². The average molecular weight is 448 g/mol. The minimum Gasteiger partial charge on any atom is -0.493 e. The first-order valence-corrected chi connectivity index (χ1v) is 11.4. The van der Waals surface area contributed by atoms with Gasteiger partial charge in [0.2, 0.25) is 0 Å². The van der Waals surface area contributed by atoms with Crippen LogP contribution in [0.25, 0.3) is 0 Å². The van der Waals surface area contributed by atoms with Crippen LogP contribution in [-0.4, -0.2) is 13.2 Å². The highest BCUT2D eigenvalue weighted by Gasteiger charge is 2.21. The number of ether oxygens (including phenoxy) is 2. The van der Waals surface area contributed by atoms with Crippen molar-refractivity contribution in [2.75, 3.05) is 12.0 Å². The van der Waals surface area contributed by atoms with Gasteiger partial charge in [-0.2, -0.15) is 11.3 Å². The van der Waals surface area contributed by atoms with E-state index in [-0.39, 0.29) is 6.10 Å². The van der Waals surface area contributed by atoms with Gasteiger partial charge in [0.15, 0.2) is 11.5 Å². The highest BCUT2D eigenvalue weighted by Crippen LogP contribution is 2.41. The molecule has 0 aliphatic heterocycles. The number of halogens is 2. The molecule has 152 valence electrons. The summed E-state index contributed by atoms with van der Waals surface area (Å²) in [4.78, 5) is 2.16. The summed E-state index contributed by atoms with van der Waals surface area (Å²) in [7, 11) is 1.67. The lowest BCUT2D eigenvalue weighted by atomic mass is 10.2. The van der Waals surface area contributed by atoms with Crippen LogP contribution in [0.15, 0.2) is 53.2 Å². The van der Waals surface area contributed by atoms with Gasteiger partial charge in [0.1, 0.15) is 0 Å². The molecular formula is C23H23Cl2NO2S. The van der Waals surface area contributed by atoms with Crippen molar-refractivity contribution in [3.63, 3.8) is 0 Å². The molecule has 0 spiro atoms. The van der Waals surface area contributed by atoms with Crippen molar-refractivity contribution in [2.45, 2.75) is 38.3 Å². The molecule has 1 aromatic heterocycles. The van der Waals surface area contributed by atoms with Crippen LogP contribution >= 0.6 is 34.5 Å². The van der Waals surface area contributed by atoms with E-state index >= 15 is 0 Å². The Morgan fingerprint density at radius 1 is 1.07 bits per heavy atom. The Morgan fingerprint density at radius 2 is 1.90 bits per heavy atom. The van der Waals surface area contributed by atoms with Gasteiger partial charge in [-0.25, -0.2) is 0 Å². The Balaban J connectivity index is 1.74. The van der Waals surface area contributed by atoms with Gasteiger partial charge >= 0.3 is 0 Å². The van der Waals surface area contributed by atoms with Gasteiger partial charge in [-0.05, 0) is 72.3 Å². The molecule has 0 radical (unpaired) electrons. The number of nitrogens with zero attached hydrogens (tertiary/aromatic N) is 1. The molecule has 3 nitrogen and oxygen atoms in total. The maximum Gasteiger partial charge on any atom is 0.163 e. The maximum absolute atomic E-state index is 6.59. The molecule has 1 heterocycles. The third-order valence-corrected chi connectivity index (χ3v) is 6.74. The van der Waals surface area contributed by atoms with Crippen LogP contribution in [0.2, 0.25) is 10.0 Å². The summed E-state index contributed by atoms with van der Waals surface area (Å²) in [6, 6.07) is 13.9. The number of benzene rings is 2. The molecule has 1 aliphatic rings. The van der Waals surface area contributed by atoms with E-state index in [9.17, 15) is 0 Å². The fourth-order valence-corrected chi connectivity index (χ4v) is 4.75. The van der Waals surface area contributed by atoms with Gasteiger partial charge in [0.25, 0.3) is 0 Å². The molecule has 1 fully saturated rings. The van der Waals surface area contributed by atoms with Crippen LogP contribution in [0.1, 0.15) is 31.2 Å². The molecule has 0 unspecified atom stereocenters. The second-order valence-electron chi connectivity index (χ2n) is 7.15. The van der Waals surface area contributed by atoms with Crippen LogP contribution in [-0.2, 0) is 6.54 Å². The number of hydrogen-bond donors (Lipinski definition) is 0. The smallest absolute Gasteiger partial charge is 0.163 e. The Labute approximate surface area is 185 Å². The van der Waals surface area contributed by atoms with Crippen molar-refractivity contribution in [1.82, 2.24) is 0 Å². The van der Waals surface area contributed by atoms with E-state index in [4.69, 9.17) is 32.7 Å². The summed E-state index contributed by atoms with van der Waals surface area (Å²) in [5, 5.41) is 5.30. The molecule has 4 rings (SSSR count). The molecule has 0 N–H and O–H groups in total. The molecule has 0 saturated heterocycles. The standard InChI is InChI=1S/C23H23Cl2NO2S/c1-27-21-10-9-17(13-22(21)28-18-5-2-3-6-18)26(14-16-11-12-29-15-16)20-8-4-7-19(24)23(20)25/h4,7-13,15,18H,2-3,5-6,14H2,1H3. The summed E-state index contributed by atoms with van der Waals surface area (Å²) in [5.41, 5.74) is 3.05.